The molecule has 0 aliphatic heterocycles. The van der Waals surface area contributed by atoms with Gasteiger partial charge in [0.15, 0.2) is 5.89 Å². The number of nitrogens with zero attached hydrogens (tertiary/aromatic N) is 1. The second kappa shape index (κ2) is 6.77. The summed E-state index contributed by atoms with van der Waals surface area (Å²) in [5.74, 6) is 1.27. The maximum Gasteiger partial charge on any atom is 0.346 e. The molecule has 0 aliphatic rings. The van der Waals surface area contributed by atoms with Crippen LogP contribution in [0.25, 0.3) is 10.9 Å². The van der Waals surface area contributed by atoms with Crippen LogP contribution in [0.4, 0.5) is 0 Å². The summed E-state index contributed by atoms with van der Waals surface area (Å²) in [6, 6.07) is 11.5. The molecule has 0 saturated carbocycles. The van der Waals surface area contributed by atoms with Crippen molar-refractivity contribution >= 4 is 34.3 Å². The normalized spacial score (nSPS) is 11.1. The van der Waals surface area contributed by atoms with E-state index in [1.807, 2.05) is 50.2 Å². The lowest BCUT2D eigenvalue weighted by molar-refractivity contribution is 0.451. The summed E-state index contributed by atoms with van der Waals surface area (Å²) < 4.78 is 5.36. The second-order valence-corrected chi connectivity index (χ2v) is 7.03. The highest BCUT2D eigenvalue weighted by molar-refractivity contribution is 7.99. The Balaban J connectivity index is 1.78. The maximum atomic E-state index is 12.1. The van der Waals surface area contributed by atoms with Crippen molar-refractivity contribution < 1.29 is 4.42 Å². The minimum absolute atomic E-state index is 0.312. The highest BCUT2D eigenvalue weighted by Crippen LogP contribution is 2.22. The third-order valence-electron chi connectivity index (χ3n) is 3.51. The van der Waals surface area contributed by atoms with Gasteiger partial charge >= 0.3 is 5.63 Å². The van der Waals surface area contributed by atoms with Crippen molar-refractivity contribution in [3.05, 3.63) is 68.9 Å². The number of hydrogen-bond donors (Lipinski definition) is 0. The van der Waals surface area contributed by atoms with Gasteiger partial charge in [-0.25, -0.2) is 9.78 Å². The van der Waals surface area contributed by atoms with Gasteiger partial charge in [-0.1, -0.05) is 17.7 Å². The molecule has 0 atom stereocenters. The fourth-order valence-electron chi connectivity index (χ4n) is 2.47. The Morgan fingerprint density at radius 1 is 1.17 bits per heavy atom. The van der Waals surface area contributed by atoms with Crippen molar-refractivity contribution in [1.29, 1.82) is 0 Å². The molecule has 3 rings (SSSR count). The topological polar surface area (TPSA) is 43.1 Å². The molecule has 1 aromatic heterocycles. The molecule has 1 heterocycles. The summed E-state index contributed by atoms with van der Waals surface area (Å²) >= 11 is 7.55. The molecule has 0 amide bonds. The van der Waals surface area contributed by atoms with E-state index < -0.39 is 0 Å². The summed E-state index contributed by atoms with van der Waals surface area (Å²) in [6.07, 6.45) is 0.603. The fourth-order valence-corrected chi connectivity index (χ4v) is 3.43. The Morgan fingerprint density at radius 3 is 2.65 bits per heavy atom. The molecule has 0 fully saturated rings. The molecule has 0 bridgehead atoms. The van der Waals surface area contributed by atoms with Crippen LogP contribution in [0.1, 0.15) is 17.0 Å². The van der Waals surface area contributed by atoms with Crippen molar-refractivity contribution in [2.75, 3.05) is 5.75 Å². The standard InChI is InChI=1S/C18H16ClNO2S/c1-11-9-12(2)17-15(10-11)18(21)22-16(20-17)7-8-23-14-5-3-13(19)4-6-14/h3-6,9-10H,7-8H2,1-2H3. The molecule has 0 radical (unpaired) electrons. The van der Waals surface area contributed by atoms with E-state index in [1.54, 1.807) is 11.8 Å². The monoisotopic (exact) mass is 345 g/mol. The zero-order chi connectivity index (χ0) is 16.4. The first kappa shape index (κ1) is 16.1. The van der Waals surface area contributed by atoms with Gasteiger partial charge in [-0.2, -0.15) is 0 Å². The van der Waals surface area contributed by atoms with Crippen LogP contribution in [0.5, 0.6) is 0 Å². The Bertz CT molecular complexity index is 903. The Morgan fingerprint density at radius 2 is 1.91 bits per heavy atom. The van der Waals surface area contributed by atoms with Crippen LogP contribution in [0.2, 0.25) is 5.02 Å². The van der Waals surface area contributed by atoms with E-state index in [0.29, 0.717) is 17.7 Å². The first-order valence-corrected chi connectivity index (χ1v) is 8.68. The van der Waals surface area contributed by atoms with Gasteiger partial charge in [-0.3, -0.25) is 0 Å². The lowest BCUT2D eigenvalue weighted by Gasteiger charge is -2.05. The van der Waals surface area contributed by atoms with Gasteiger partial charge in [-0.05, 0) is 55.3 Å². The van der Waals surface area contributed by atoms with Crippen molar-refractivity contribution in [3.8, 4) is 0 Å². The van der Waals surface area contributed by atoms with Crippen LogP contribution in [-0.2, 0) is 6.42 Å². The van der Waals surface area contributed by atoms with Crippen LogP contribution < -0.4 is 5.63 Å². The summed E-state index contributed by atoms with van der Waals surface area (Å²) in [6.45, 7) is 3.93. The van der Waals surface area contributed by atoms with E-state index >= 15 is 0 Å². The molecule has 0 spiro atoms. The number of rotatable bonds is 4. The summed E-state index contributed by atoms with van der Waals surface area (Å²) in [5, 5.41) is 1.28. The number of fused-ring (bicyclic) bond motifs is 1. The van der Waals surface area contributed by atoms with E-state index in [-0.39, 0.29) is 5.63 Å². The van der Waals surface area contributed by atoms with Gasteiger partial charge in [0.1, 0.15) is 0 Å². The number of halogens is 1. The first-order valence-electron chi connectivity index (χ1n) is 7.32. The zero-order valence-corrected chi connectivity index (χ0v) is 14.5. The molecule has 118 valence electrons. The number of aromatic nitrogens is 1. The van der Waals surface area contributed by atoms with Crippen LogP contribution >= 0.6 is 23.4 Å². The van der Waals surface area contributed by atoms with Crippen LogP contribution in [0.3, 0.4) is 0 Å². The molecule has 0 unspecified atom stereocenters. The quantitative estimate of drug-likeness (QED) is 0.637. The fraction of sp³-hybridized carbons (Fsp3) is 0.222. The first-order chi connectivity index (χ1) is 11.0. The van der Waals surface area contributed by atoms with Gasteiger partial charge in [0.25, 0.3) is 0 Å². The highest BCUT2D eigenvalue weighted by atomic mass is 35.5. The lowest BCUT2D eigenvalue weighted by Crippen LogP contribution is -2.07. The third-order valence-corrected chi connectivity index (χ3v) is 4.78. The van der Waals surface area contributed by atoms with E-state index in [0.717, 1.165) is 32.3 Å². The lowest BCUT2D eigenvalue weighted by atomic mass is 10.1. The Hall–Kier alpha value is -1.78. The average molecular weight is 346 g/mol. The largest absolute Gasteiger partial charge is 0.408 e. The SMILES string of the molecule is Cc1cc(C)c2nc(CCSc3ccc(Cl)cc3)oc(=O)c2c1. The molecule has 23 heavy (non-hydrogen) atoms. The average Bonchev–Trinajstić information content (AvgIpc) is 2.50. The summed E-state index contributed by atoms with van der Waals surface area (Å²) in [4.78, 5) is 17.8. The van der Waals surface area contributed by atoms with Gasteiger partial charge in [-0.15, -0.1) is 11.8 Å². The summed E-state index contributed by atoms with van der Waals surface area (Å²) in [5.41, 5.74) is 2.46. The molecule has 0 N–H and O–H groups in total. The van der Waals surface area contributed by atoms with E-state index in [9.17, 15) is 4.79 Å². The summed E-state index contributed by atoms with van der Waals surface area (Å²) in [7, 11) is 0. The second-order valence-electron chi connectivity index (χ2n) is 5.43. The molecule has 5 heteroatoms. The molecule has 0 aliphatic carbocycles. The molecule has 3 aromatic rings. The van der Waals surface area contributed by atoms with Crippen molar-refractivity contribution in [1.82, 2.24) is 4.98 Å². The molecule has 0 saturated heterocycles. The Labute approximate surface area is 143 Å². The maximum absolute atomic E-state index is 12.1. The number of benzene rings is 2. The number of thioether (sulfide) groups is 1. The predicted molar refractivity (Wildman–Crippen MR) is 95.6 cm³/mol. The minimum Gasteiger partial charge on any atom is -0.408 e. The third kappa shape index (κ3) is 3.77. The Kier molecular flexibility index (Phi) is 4.74. The van der Waals surface area contributed by atoms with E-state index in [2.05, 4.69) is 4.98 Å². The van der Waals surface area contributed by atoms with Crippen LogP contribution in [-0.4, -0.2) is 10.7 Å². The molecular weight excluding hydrogens is 330 g/mol. The van der Waals surface area contributed by atoms with Crippen molar-refractivity contribution in [2.24, 2.45) is 0 Å². The van der Waals surface area contributed by atoms with Gasteiger partial charge in [0.2, 0.25) is 0 Å². The minimum atomic E-state index is -0.312. The molecule has 2 aromatic carbocycles. The van der Waals surface area contributed by atoms with Crippen LogP contribution in [0, 0.1) is 13.8 Å². The molecular formula is C18H16ClNO2S. The molecule has 3 nitrogen and oxygen atoms in total. The van der Waals surface area contributed by atoms with Crippen molar-refractivity contribution in [3.63, 3.8) is 0 Å². The zero-order valence-electron chi connectivity index (χ0n) is 12.9. The van der Waals surface area contributed by atoms with Crippen LogP contribution in [0.15, 0.2) is 50.5 Å². The van der Waals surface area contributed by atoms with Gasteiger partial charge in [0, 0.05) is 22.1 Å². The van der Waals surface area contributed by atoms with Crippen molar-refractivity contribution in [2.45, 2.75) is 25.2 Å². The van der Waals surface area contributed by atoms with E-state index in [1.165, 1.54) is 0 Å². The number of hydrogen-bond acceptors (Lipinski definition) is 4. The van der Waals surface area contributed by atoms with Gasteiger partial charge in [0.05, 0.1) is 10.9 Å². The predicted octanol–water partition coefficient (Wildman–Crippen LogP) is 4.79. The highest BCUT2D eigenvalue weighted by Gasteiger charge is 2.09. The van der Waals surface area contributed by atoms with Gasteiger partial charge < -0.3 is 4.42 Å². The number of aryl methyl sites for hydroxylation is 3. The smallest absolute Gasteiger partial charge is 0.346 e. The van der Waals surface area contributed by atoms with E-state index in [4.69, 9.17) is 16.0 Å².